The van der Waals surface area contributed by atoms with E-state index in [0.29, 0.717) is 17.5 Å². The summed E-state index contributed by atoms with van der Waals surface area (Å²) >= 11 is 3.64. The Balaban J connectivity index is 1.15. The van der Waals surface area contributed by atoms with Gasteiger partial charge in [0.15, 0.2) is 17.5 Å². The highest BCUT2D eigenvalue weighted by Crippen LogP contribution is 2.45. The second kappa shape index (κ2) is 11.2. The third-order valence-electron chi connectivity index (χ3n) is 9.76. The minimum absolute atomic E-state index is 0.621. The van der Waals surface area contributed by atoms with Crippen LogP contribution in [0.3, 0.4) is 0 Å². The molecule has 0 saturated carbocycles. The summed E-state index contributed by atoms with van der Waals surface area (Å²) in [6, 6.07) is 53.1. The molecule has 0 aliphatic rings. The van der Waals surface area contributed by atoms with Crippen LogP contribution < -0.4 is 0 Å². The lowest BCUT2D eigenvalue weighted by molar-refractivity contribution is 0.669. The highest BCUT2D eigenvalue weighted by Gasteiger charge is 2.20. The van der Waals surface area contributed by atoms with Crippen molar-refractivity contribution in [1.82, 2.24) is 15.0 Å². The fourth-order valence-corrected chi connectivity index (χ4v) is 9.81. The van der Waals surface area contributed by atoms with Gasteiger partial charge in [0.05, 0.1) is 0 Å². The van der Waals surface area contributed by atoms with E-state index in [4.69, 9.17) is 19.4 Å². The molecule has 238 valence electrons. The monoisotopic (exact) mass is 687 g/mol. The molecule has 11 aromatic rings. The van der Waals surface area contributed by atoms with E-state index in [0.717, 1.165) is 44.2 Å². The van der Waals surface area contributed by atoms with Crippen molar-refractivity contribution >= 4 is 85.0 Å². The quantitative estimate of drug-likeness (QED) is 0.185. The lowest BCUT2D eigenvalue weighted by Gasteiger charge is -2.10. The Kier molecular flexibility index (Phi) is 6.26. The van der Waals surface area contributed by atoms with E-state index < -0.39 is 0 Å². The smallest absolute Gasteiger partial charge is 0.164 e. The summed E-state index contributed by atoms with van der Waals surface area (Å²) < 4.78 is 11.5. The zero-order chi connectivity index (χ0) is 33.5. The van der Waals surface area contributed by atoms with Gasteiger partial charge in [-0.25, -0.2) is 15.0 Å². The van der Waals surface area contributed by atoms with E-state index in [1.807, 2.05) is 35.6 Å². The van der Waals surface area contributed by atoms with Crippen molar-refractivity contribution in [2.24, 2.45) is 0 Å². The minimum Gasteiger partial charge on any atom is -0.456 e. The summed E-state index contributed by atoms with van der Waals surface area (Å²) in [4.78, 5) is 15.4. The fraction of sp³-hybridized carbons (Fsp3) is 0. The molecular formula is C45H25N3OS2. The summed E-state index contributed by atoms with van der Waals surface area (Å²) in [6.07, 6.45) is 0. The van der Waals surface area contributed by atoms with E-state index in [9.17, 15) is 0 Å². The second-order valence-corrected chi connectivity index (χ2v) is 14.9. The molecule has 0 unspecified atom stereocenters. The molecule has 0 atom stereocenters. The van der Waals surface area contributed by atoms with Crippen LogP contribution in [-0.4, -0.2) is 15.0 Å². The average molecular weight is 688 g/mol. The van der Waals surface area contributed by atoms with Gasteiger partial charge in [-0.1, -0.05) is 109 Å². The van der Waals surface area contributed by atoms with E-state index in [1.54, 1.807) is 11.3 Å². The Bertz CT molecular complexity index is 3160. The summed E-state index contributed by atoms with van der Waals surface area (Å²) in [7, 11) is 0. The van der Waals surface area contributed by atoms with Crippen molar-refractivity contribution in [2.75, 3.05) is 0 Å². The first-order valence-corrected chi connectivity index (χ1v) is 18.5. The average Bonchev–Trinajstić information content (AvgIpc) is 3.89. The maximum absolute atomic E-state index is 6.49. The zero-order valence-corrected chi connectivity index (χ0v) is 28.6. The number of furan rings is 1. The third-order valence-corrected chi connectivity index (χ3v) is 12.1. The Morgan fingerprint density at radius 2 is 1.02 bits per heavy atom. The first-order chi connectivity index (χ1) is 25.3. The van der Waals surface area contributed by atoms with Gasteiger partial charge < -0.3 is 4.42 Å². The molecule has 6 heteroatoms. The number of fused-ring (bicyclic) bond motifs is 9. The van der Waals surface area contributed by atoms with Gasteiger partial charge in [-0.15, -0.1) is 22.7 Å². The normalized spacial score (nSPS) is 11.9. The van der Waals surface area contributed by atoms with E-state index in [1.165, 1.54) is 45.9 Å². The Morgan fingerprint density at radius 1 is 0.373 bits per heavy atom. The standard InChI is InChI=1S/C45H25N3OS2/c1-2-11-26(12-3-1)43-46-44(48-45(47-43)33-18-10-22-39-41(33)32-14-5-7-21-38(32)50-39)27-23-24-35-34(25-27)40-29(15-9-19-36(40)49-35)31-17-8-16-30-28-13-4-6-20-37(28)51-42(30)31/h1-25H. The lowest BCUT2D eigenvalue weighted by Crippen LogP contribution is -2.00. The molecule has 0 N–H and O–H groups in total. The lowest BCUT2D eigenvalue weighted by atomic mass is 9.97. The molecule has 0 amide bonds. The maximum atomic E-state index is 6.49. The molecule has 0 bridgehead atoms. The van der Waals surface area contributed by atoms with Crippen molar-refractivity contribution in [1.29, 1.82) is 0 Å². The van der Waals surface area contributed by atoms with Gasteiger partial charge in [0.2, 0.25) is 0 Å². The number of aromatic nitrogens is 3. The Labute approximate surface area is 299 Å². The molecule has 4 nitrogen and oxygen atoms in total. The van der Waals surface area contributed by atoms with Gasteiger partial charge in [-0.2, -0.15) is 0 Å². The summed E-state index contributed by atoms with van der Waals surface area (Å²) in [5, 5.41) is 7.07. The molecule has 0 aliphatic carbocycles. The van der Waals surface area contributed by atoms with Gasteiger partial charge in [0, 0.05) is 73.4 Å². The molecule has 51 heavy (non-hydrogen) atoms. The van der Waals surface area contributed by atoms with Crippen molar-refractivity contribution in [2.45, 2.75) is 0 Å². The van der Waals surface area contributed by atoms with Gasteiger partial charge in [-0.3, -0.25) is 0 Å². The van der Waals surface area contributed by atoms with Crippen molar-refractivity contribution in [3.8, 4) is 45.3 Å². The first-order valence-electron chi connectivity index (χ1n) is 16.9. The van der Waals surface area contributed by atoms with Crippen molar-refractivity contribution < 1.29 is 4.42 Å². The van der Waals surface area contributed by atoms with E-state index in [-0.39, 0.29) is 0 Å². The van der Waals surface area contributed by atoms with Crippen LogP contribution in [0, 0.1) is 0 Å². The van der Waals surface area contributed by atoms with Crippen LogP contribution in [0.5, 0.6) is 0 Å². The number of thiophene rings is 2. The second-order valence-electron chi connectivity index (χ2n) is 12.7. The summed E-state index contributed by atoms with van der Waals surface area (Å²) in [6.45, 7) is 0. The highest BCUT2D eigenvalue weighted by atomic mass is 32.1. The molecule has 0 fully saturated rings. The molecule has 0 aliphatic heterocycles. The number of nitrogens with zero attached hydrogens (tertiary/aromatic N) is 3. The predicted octanol–water partition coefficient (Wildman–Crippen LogP) is 13.2. The molecular weight excluding hydrogens is 663 g/mol. The molecule has 7 aromatic carbocycles. The molecule has 4 heterocycles. The topological polar surface area (TPSA) is 51.8 Å². The number of benzene rings is 7. The molecule has 4 aromatic heterocycles. The number of hydrogen-bond donors (Lipinski definition) is 0. The molecule has 0 radical (unpaired) electrons. The minimum atomic E-state index is 0.621. The van der Waals surface area contributed by atoms with Gasteiger partial charge in [0.1, 0.15) is 11.2 Å². The highest BCUT2D eigenvalue weighted by molar-refractivity contribution is 7.26. The maximum Gasteiger partial charge on any atom is 0.164 e. The Hall–Kier alpha value is -6.21. The van der Waals surface area contributed by atoms with Crippen LogP contribution in [-0.2, 0) is 0 Å². The third kappa shape index (κ3) is 4.47. The number of rotatable bonds is 4. The van der Waals surface area contributed by atoms with Crippen molar-refractivity contribution in [3.63, 3.8) is 0 Å². The summed E-state index contributed by atoms with van der Waals surface area (Å²) in [5.74, 6) is 1.92. The van der Waals surface area contributed by atoms with Crippen LogP contribution in [0.25, 0.3) is 108 Å². The SMILES string of the molecule is c1ccc(-c2nc(-c3ccc4oc5cccc(-c6cccc7c6sc6ccccc67)c5c4c3)nc(-c3cccc4sc5ccccc5c34)n2)cc1. The number of hydrogen-bond acceptors (Lipinski definition) is 6. The molecule has 11 rings (SSSR count). The van der Waals surface area contributed by atoms with Crippen molar-refractivity contribution in [3.05, 3.63) is 152 Å². The van der Waals surface area contributed by atoms with E-state index >= 15 is 0 Å². The fourth-order valence-electron chi connectivity index (χ4n) is 7.45. The summed E-state index contributed by atoms with van der Waals surface area (Å²) in [5.41, 5.74) is 6.89. The van der Waals surface area contributed by atoms with Crippen LogP contribution in [0.2, 0.25) is 0 Å². The van der Waals surface area contributed by atoms with Crippen LogP contribution in [0.1, 0.15) is 0 Å². The van der Waals surface area contributed by atoms with Gasteiger partial charge in [-0.05, 0) is 48.0 Å². The first kappa shape index (κ1) is 28.6. The Morgan fingerprint density at radius 3 is 1.90 bits per heavy atom. The van der Waals surface area contributed by atoms with Crippen LogP contribution >= 0.6 is 22.7 Å². The molecule has 0 spiro atoms. The van der Waals surface area contributed by atoms with Crippen LogP contribution in [0.4, 0.5) is 0 Å². The zero-order valence-electron chi connectivity index (χ0n) is 27.0. The van der Waals surface area contributed by atoms with Crippen LogP contribution in [0.15, 0.2) is 156 Å². The van der Waals surface area contributed by atoms with E-state index in [2.05, 4.69) is 127 Å². The molecule has 0 saturated heterocycles. The largest absolute Gasteiger partial charge is 0.456 e. The van der Waals surface area contributed by atoms with Gasteiger partial charge in [0.25, 0.3) is 0 Å². The van der Waals surface area contributed by atoms with Gasteiger partial charge >= 0.3 is 0 Å². The predicted molar refractivity (Wildman–Crippen MR) is 215 cm³/mol.